The Morgan fingerprint density at radius 1 is 1.25 bits per heavy atom. The van der Waals surface area contributed by atoms with Crippen LogP contribution in [0, 0.1) is 5.92 Å². The molecule has 0 bridgehead atoms. The van der Waals surface area contributed by atoms with E-state index in [2.05, 4.69) is 10.2 Å². The molecule has 1 saturated heterocycles. The van der Waals surface area contributed by atoms with Crippen molar-refractivity contribution in [1.29, 1.82) is 0 Å². The first-order valence-electron chi connectivity index (χ1n) is 12.3. The number of methoxy groups -OCH3 is 1. The quantitative estimate of drug-likeness (QED) is 0.618. The van der Waals surface area contributed by atoms with Crippen molar-refractivity contribution >= 4 is 28.7 Å². The van der Waals surface area contributed by atoms with Crippen molar-refractivity contribution in [3.05, 3.63) is 34.1 Å². The molecule has 0 radical (unpaired) electrons. The molecule has 1 aromatic carbocycles. The van der Waals surface area contributed by atoms with Gasteiger partial charge in [0.25, 0.3) is 0 Å². The van der Waals surface area contributed by atoms with Crippen LogP contribution < -0.4 is 20.4 Å². The lowest BCUT2D eigenvalue weighted by Crippen LogP contribution is -2.45. The number of hydrogen-bond acceptors (Lipinski definition) is 6. The van der Waals surface area contributed by atoms with Crippen LogP contribution in [0.2, 0.25) is 0 Å². The van der Waals surface area contributed by atoms with E-state index in [9.17, 15) is 23.9 Å². The topological polar surface area (TPSA) is 110 Å². The third-order valence-corrected chi connectivity index (χ3v) is 7.45. The number of alkyl carbamates (subject to hydrolysis) is 1. The van der Waals surface area contributed by atoms with Gasteiger partial charge in [0, 0.05) is 37.2 Å². The predicted octanol–water partition coefficient (Wildman–Crippen LogP) is 3.87. The summed E-state index contributed by atoms with van der Waals surface area (Å²) in [6, 6.07) is 2.84. The SMILES string of the molecule is COc1c(N2CCC(C3(NC(=O)OC(C)(C)C)CC3)C2)ccc2c(=O)c(C(=O)O)cn(C3CC3F)c12. The van der Waals surface area contributed by atoms with Crippen molar-refractivity contribution in [2.75, 3.05) is 25.1 Å². The zero-order valence-corrected chi connectivity index (χ0v) is 21.0. The molecule has 1 aromatic heterocycles. The number of carbonyl (C=O) groups excluding carboxylic acids is 1. The number of nitrogens with one attached hydrogen (secondary N) is 1. The fourth-order valence-electron chi connectivity index (χ4n) is 5.42. The van der Waals surface area contributed by atoms with E-state index >= 15 is 0 Å². The van der Waals surface area contributed by atoms with E-state index in [1.165, 1.54) is 13.3 Å². The van der Waals surface area contributed by atoms with E-state index in [0.717, 1.165) is 31.5 Å². The van der Waals surface area contributed by atoms with E-state index in [4.69, 9.17) is 9.47 Å². The zero-order valence-electron chi connectivity index (χ0n) is 21.0. The lowest BCUT2D eigenvalue weighted by atomic mass is 9.96. The Morgan fingerprint density at radius 3 is 2.50 bits per heavy atom. The molecule has 3 unspecified atom stereocenters. The molecule has 3 atom stereocenters. The van der Waals surface area contributed by atoms with Gasteiger partial charge in [0.2, 0.25) is 5.43 Å². The molecule has 2 N–H and O–H groups in total. The summed E-state index contributed by atoms with van der Waals surface area (Å²) in [6.07, 6.45) is 2.61. The fraction of sp³-hybridized carbons (Fsp3) is 0.577. The number of aromatic carboxylic acids is 1. The molecule has 2 saturated carbocycles. The molecule has 2 aromatic rings. The summed E-state index contributed by atoms with van der Waals surface area (Å²) in [7, 11) is 1.50. The summed E-state index contributed by atoms with van der Waals surface area (Å²) in [6.45, 7) is 6.89. The lowest BCUT2D eigenvalue weighted by Gasteiger charge is -2.28. The van der Waals surface area contributed by atoms with E-state index in [1.54, 1.807) is 16.7 Å². The number of ether oxygens (including phenoxy) is 2. The normalized spacial score (nSPS) is 24.5. The summed E-state index contributed by atoms with van der Waals surface area (Å²) in [4.78, 5) is 39.2. The van der Waals surface area contributed by atoms with Gasteiger partial charge in [-0.15, -0.1) is 0 Å². The highest BCUT2D eigenvalue weighted by molar-refractivity contribution is 5.97. The van der Waals surface area contributed by atoms with E-state index in [-0.39, 0.29) is 28.8 Å². The maximum absolute atomic E-state index is 14.1. The second-order valence-corrected chi connectivity index (χ2v) is 11.1. The minimum absolute atomic E-state index is 0.190. The van der Waals surface area contributed by atoms with Crippen LogP contribution >= 0.6 is 0 Å². The van der Waals surface area contributed by atoms with Crippen molar-refractivity contribution in [3.8, 4) is 5.75 Å². The Balaban J connectivity index is 1.47. The molecule has 1 aliphatic heterocycles. The smallest absolute Gasteiger partial charge is 0.408 e. The van der Waals surface area contributed by atoms with Gasteiger partial charge in [0.15, 0.2) is 5.75 Å². The Morgan fingerprint density at radius 2 is 1.94 bits per heavy atom. The Kier molecular flexibility index (Phi) is 5.68. The van der Waals surface area contributed by atoms with Crippen molar-refractivity contribution in [1.82, 2.24) is 9.88 Å². The number of alkyl halides is 1. The number of rotatable bonds is 6. The first kappa shape index (κ1) is 24.4. The molecule has 3 fully saturated rings. The molecule has 194 valence electrons. The third-order valence-electron chi connectivity index (χ3n) is 7.45. The molecule has 2 aliphatic carbocycles. The number of aromatic nitrogens is 1. The van der Waals surface area contributed by atoms with Gasteiger partial charge in [-0.25, -0.2) is 14.0 Å². The highest BCUT2D eigenvalue weighted by Gasteiger charge is 2.53. The first-order chi connectivity index (χ1) is 16.9. The maximum atomic E-state index is 14.1. The summed E-state index contributed by atoms with van der Waals surface area (Å²) >= 11 is 0. The van der Waals surface area contributed by atoms with E-state index < -0.39 is 35.3 Å². The second-order valence-electron chi connectivity index (χ2n) is 11.1. The average Bonchev–Trinajstić information content (AvgIpc) is 3.67. The van der Waals surface area contributed by atoms with E-state index in [1.807, 2.05) is 20.8 Å². The van der Waals surface area contributed by atoms with Gasteiger partial charge in [0.1, 0.15) is 17.3 Å². The fourth-order valence-corrected chi connectivity index (χ4v) is 5.42. The van der Waals surface area contributed by atoms with Gasteiger partial charge in [-0.1, -0.05) is 0 Å². The molecule has 10 heteroatoms. The highest BCUT2D eigenvalue weighted by atomic mass is 19.1. The van der Waals surface area contributed by atoms with Crippen LogP contribution in [0.25, 0.3) is 10.9 Å². The number of nitrogens with zero attached hydrogens (tertiary/aromatic N) is 2. The Labute approximate surface area is 208 Å². The maximum Gasteiger partial charge on any atom is 0.408 e. The third kappa shape index (κ3) is 4.26. The number of amides is 1. The number of halogens is 1. The van der Waals surface area contributed by atoms with Crippen molar-refractivity contribution in [2.45, 2.75) is 69.8 Å². The average molecular weight is 502 g/mol. The summed E-state index contributed by atoms with van der Waals surface area (Å²) in [5.41, 5.74) is -0.709. The van der Waals surface area contributed by atoms with Crippen LogP contribution in [0.5, 0.6) is 5.75 Å². The second kappa shape index (κ2) is 8.38. The van der Waals surface area contributed by atoms with Gasteiger partial charge in [-0.2, -0.15) is 0 Å². The van der Waals surface area contributed by atoms with Crippen molar-refractivity contribution in [2.24, 2.45) is 5.92 Å². The Hall–Kier alpha value is -3.30. The molecule has 2 heterocycles. The number of fused-ring (bicyclic) bond motifs is 1. The number of hydrogen-bond donors (Lipinski definition) is 2. The molecular formula is C26H32FN3O6. The number of benzene rings is 1. The monoisotopic (exact) mass is 501 g/mol. The molecule has 5 rings (SSSR count). The number of anilines is 1. The summed E-state index contributed by atoms with van der Waals surface area (Å²) in [5, 5.41) is 12.8. The molecular weight excluding hydrogens is 469 g/mol. The standard InChI is InChI=1S/C26H32FN3O6/c1-25(2,3)36-24(34)28-26(8-9-26)14-7-10-29(12-14)18-6-5-15-20(22(18)35-4)30(19-11-17(19)27)13-16(21(15)31)23(32)33/h5-6,13-14,17,19H,7-12H2,1-4H3,(H,28,34)(H,32,33). The molecule has 1 amide bonds. The van der Waals surface area contributed by atoms with Crippen molar-refractivity contribution < 1.29 is 28.6 Å². The first-order valence-corrected chi connectivity index (χ1v) is 12.3. The van der Waals surface area contributed by atoms with Crippen LogP contribution in [0.3, 0.4) is 0 Å². The van der Waals surface area contributed by atoms with Crippen LogP contribution in [-0.4, -0.2) is 59.2 Å². The molecule has 36 heavy (non-hydrogen) atoms. The van der Waals surface area contributed by atoms with Gasteiger partial charge in [-0.05, 0) is 52.2 Å². The van der Waals surface area contributed by atoms with Crippen LogP contribution in [0.4, 0.5) is 14.9 Å². The molecule has 0 spiro atoms. The molecule has 3 aliphatic rings. The number of carboxylic acid groups (broad SMARTS) is 1. The van der Waals surface area contributed by atoms with E-state index in [0.29, 0.717) is 17.8 Å². The summed E-state index contributed by atoms with van der Waals surface area (Å²) in [5.74, 6) is -0.712. The van der Waals surface area contributed by atoms with Gasteiger partial charge >= 0.3 is 12.1 Å². The summed E-state index contributed by atoms with van der Waals surface area (Å²) < 4.78 is 26.9. The van der Waals surface area contributed by atoms with Crippen LogP contribution in [0.15, 0.2) is 23.1 Å². The van der Waals surface area contributed by atoms with Crippen LogP contribution in [-0.2, 0) is 4.74 Å². The number of pyridine rings is 1. The molecule has 9 nitrogen and oxygen atoms in total. The Bertz CT molecular complexity index is 1300. The van der Waals surface area contributed by atoms with Crippen molar-refractivity contribution in [3.63, 3.8) is 0 Å². The largest absolute Gasteiger partial charge is 0.492 e. The zero-order chi connectivity index (χ0) is 26.0. The minimum Gasteiger partial charge on any atom is -0.492 e. The van der Waals surface area contributed by atoms with Crippen LogP contribution in [0.1, 0.15) is 62.9 Å². The predicted molar refractivity (Wildman–Crippen MR) is 132 cm³/mol. The van der Waals surface area contributed by atoms with Gasteiger partial charge in [-0.3, -0.25) is 4.79 Å². The number of carbonyl (C=O) groups is 2. The van der Waals surface area contributed by atoms with Gasteiger partial charge in [0.05, 0.1) is 29.7 Å². The van der Waals surface area contributed by atoms with Gasteiger partial charge < -0.3 is 29.4 Å². The number of carboxylic acids is 1. The lowest BCUT2D eigenvalue weighted by molar-refractivity contribution is 0.0477. The minimum atomic E-state index is -1.34. The highest BCUT2D eigenvalue weighted by Crippen LogP contribution is 2.49.